The first-order valence-electron chi connectivity index (χ1n) is 8.10. The van der Waals surface area contributed by atoms with Crippen LogP contribution in [-0.2, 0) is 24.9 Å². The van der Waals surface area contributed by atoms with Crippen molar-refractivity contribution in [3.8, 4) is 11.3 Å². The van der Waals surface area contributed by atoms with Gasteiger partial charge in [0, 0.05) is 31.6 Å². The Morgan fingerprint density at radius 1 is 1.12 bits per heavy atom. The van der Waals surface area contributed by atoms with Crippen molar-refractivity contribution < 1.29 is 30.0 Å². The predicted molar refractivity (Wildman–Crippen MR) is 103 cm³/mol. The summed E-state index contributed by atoms with van der Waals surface area (Å²) in [5.41, 5.74) is 5.59. The molecule has 0 saturated carbocycles. The molecule has 26 heavy (non-hydrogen) atoms. The topological polar surface area (TPSA) is 50.2 Å². The van der Waals surface area contributed by atoms with Crippen LogP contribution in [0.1, 0.15) is 25.0 Å². The molecule has 137 valence electrons. The molecule has 0 spiro atoms. The molecule has 0 aliphatic rings. The van der Waals surface area contributed by atoms with Crippen LogP contribution in [0.15, 0.2) is 60.4 Å². The van der Waals surface area contributed by atoms with Crippen LogP contribution in [-0.4, -0.2) is 15.9 Å². The molecule has 1 N–H and O–H groups in total. The van der Waals surface area contributed by atoms with E-state index in [9.17, 15) is 4.79 Å². The Hall–Kier alpha value is -2.29. The summed E-state index contributed by atoms with van der Waals surface area (Å²) in [4.78, 5) is 14.7. The third kappa shape index (κ3) is 6.21. The summed E-state index contributed by atoms with van der Waals surface area (Å²) >= 11 is 0. The van der Waals surface area contributed by atoms with Gasteiger partial charge < -0.3 is 5.11 Å². The number of fused-ring (bicyclic) bond motifs is 1. The summed E-state index contributed by atoms with van der Waals surface area (Å²) in [6.45, 7) is 7.07. The molecule has 0 aliphatic carbocycles. The molecule has 0 bridgehead atoms. The van der Waals surface area contributed by atoms with E-state index in [0.717, 1.165) is 16.8 Å². The zero-order valence-corrected chi connectivity index (χ0v) is 17.7. The van der Waals surface area contributed by atoms with E-state index in [-0.39, 0.29) is 31.6 Å². The van der Waals surface area contributed by atoms with Crippen LogP contribution in [0, 0.1) is 19.9 Å². The van der Waals surface area contributed by atoms with Gasteiger partial charge in [-0.1, -0.05) is 31.2 Å². The summed E-state index contributed by atoms with van der Waals surface area (Å²) in [7, 11) is 0. The van der Waals surface area contributed by atoms with Crippen LogP contribution in [0.5, 0.6) is 0 Å². The van der Waals surface area contributed by atoms with Crippen molar-refractivity contribution in [2.45, 2.75) is 27.7 Å². The Balaban J connectivity index is 0.000000366. The molecule has 0 saturated heterocycles. The monoisotopic (exact) mass is 525 g/mol. The molecule has 3 aromatic rings. The average Bonchev–Trinajstić information content (AvgIpc) is 2.54. The van der Waals surface area contributed by atoms with Gasteiger partial charge in [0.15, 0.2) is 5.78 Å². The maximum atomic E-state index is 10.0. The fourth-order valence-corrected chi connectivity index (χ4v) is 2.51. The SMILES string of the molecule is CC(=O)C=C(C)O.Cc1cc[c-]c(-c2cc(C)c3ccccc3n2)c1.[Ir]. The average molecular weight is 525 g/mol. The van der Waals surface area contributed by atoms with Gasteiger partial charge in [0.1, 0.15) is 0 Å². The number of aromatic nitrogens is 1. The number of carbonyl (C=O) groups is 1. The molecule has 3 nitrogen and oxygen atoms in total. The third-order valence-electron chi connectivity index (χ3n) is 3.57. The predicted octanol–water partition coefficient (Wildman–Crippen LogP) is 5.35. The molecule has 1 aromatic heterocycles. The number of nitrogens with zero attached hydrogens (tertiary/aromatic N) is 1. The van der Waals surface area contributed by atoms with Crippen molar-refractivity contribution in [1.29, 1.82) is 0 Å². The van der Waals surface area contributed by atoms with E-state index in [1.807, 2.05) is 12.1 Å². The van der Waals surface area contributed by atoms with Gasteiger partial charge in [0.05, 0.1) is 11.3 Å². The first kappa shape index (κ1) is 21.8. The standard InChI is InChI=1S/C17H14N.C5H8O2.Ir/c1-12-6-5-7-14(10-12)17-11-13(2)15-8-3-4-9-16(15)18-17;1-4(6)3-5(2)7;/h3-6,8-11H,1-2H3;3,6H,1-2H3;/q-1;;. The summed E-state index contributed by atoms with van der Waals surface area (Å²) in [6.07, 6.45) is 1.17. The van der Waals surface area contributed by atoms with Crippen LogP contribution in [0.2, 0.25) is 0 Å². The Labute approximate surface area is 168 Å². The summed E-state index contributed by atoms with van der Waals surface area (Å²) < 4.78 is 0. The van der Waals surface area contributed by atoms with E-state index >= 15 is 0 Å². The Morgan fingerprint density at radius 3 is 2.38 bits per heavy atom. The number of hydrogen-bond donors (Lipinski definition) is 1. The number of carbonyl (C=O) groups excluding carboxylic acids is 1. The minimum atomic E-state index is -0.125. The number of benzene rings is 2. The summed E-state index contributed by atoms with van der Waals surface area (Å²) in [6, 6.07) is 19.8. The van der Waals surface area contributed by atoms with E-state index in [2.05, 4.69) is 56.3 Å². The van der Waals surface area contributed by atoms with E-state index in [1.165, 1.54) is 36.4 Å². The minimum Gasteiger partial charge on any atom is -0.512 e. The fraction of sp³-hybridized carbons (Fsp3) is 0.182. The van der Waals surface area contributed by atoms with E-state index in [1.54, 1.807) is 0 Å². The van der Waals surface area contributed by atoms with Crippen molar-refractivity contribution in [3.05, 3.63) is 77.6 Å². The molecule has 0 fully saturated rings. The molecule has 2 aromatic carbocycles. The molecule has 1 heterocycles. The quantitative estimate of drug-likeness (QED) is 0.279. The van der Waals surface area contributed by atoms with Gasteiger partial charge in [0.2, 0.25) is 0 Å². The van der Waals surface area contributed by atoms with Crippen molar-refractivity contribution in [1.82, 2.24) is 4.98 Å². The first-order valence-corrected chi connectivity index (χ1v) is 8.10. The molecule has 0 unspecified atom stereocenters. The van der Waals surface area contributed by atoms with Gasteiger partial charge in [-0.2, -0.15) is 0 Å². The van der Waals surface area contributed by atoms with Crippen molar-refractivity contribution in [2.24, 2.45) is 0 Å². The Morgan fingerprint density at radius 2 is 1.81 bits per heavy atom. The Bertz CT molecular complexity index is 928. The second-order valence-electron chi connectivity index (χ2n) is 6.02. The van der Waals surface area contributed by atoms with E-state index in [0.29, 0.717) is 0 Å². The molecule has 0 atom stereocenters. The van der Waals surface area contributed by atoms with E-state index < -0.39 is 0 Å². The molecular formula is C22H22IrNO2-. The first-order chi connectivity index (χ1) is 11.9. The van der Waals surface area contributed by atoms with Crippen LogP contribution in [0.4, 0.5) is 0 Å². The normalized spacial score (nSPS) is 10.5. The van der Waals surface area contributed by atoms with Gasteiger partial charge in [0.25, 0.3) is 0 Å². The van der Waals surface area contributed by atoms with Crippen molar-refractivity contribution in [2.75, 3.05) is 0 Å². The van der Waals surface area contributed by atoms with Gasteiger partial charge >= 0.3 is 0 Å². The number of para-hydroxylation sites is 1. The summed E-state index contributed by atoms with van der Waals surface area (Å²) in [5.74, 6) is -0.0625. The smallest absolute Gasteiger partial charge is 0.155 e. The zero-order chi connectivity index (χ0) is 18.4. The number of aryl methyl sites for hydroxylation is 2. The number of allylic oxidation sites excluding steroid dienone is 2. The molecular weight excluding hydrogens is 502 g/mol. The van der Waals surface area contributed by atoms with Gasteiger partial charge in [-0.05, 0) is 38.1 Å². The molecule has 0 aliphatic heterocycles. The third-order valence-corrected chi connectivity index (χ3v) is 3.57. The molecule has 3 rings (SSSR count). The van der Waals surface area contributed by atoms with Crippen molar-refractivity contribution in [3.63, 3.8) is 0 Å². The van der Waals surface area contributed by atoms with E-state index in [4.69, 9.17) is 10.1 Å². The number of ketones is 1. The largest absolute Gasteiger partial charge is 0.512 e. The molecule has 1 radical (unpaired) electrons. The van der Waals surface area contributed by atoms with Crippen LogP contribution in [0.25, 0.3) is 22.2 Å². The number of rotatable bonds is 2. The number of pyridine rings is 1. The van der Waals surface area contributed by atoms with Gasteiger partial charge in [-0.3, -0.25) is 9.78 Å². The number of aliphatic hydroxyl groups excluding tert-OH is 1. The minimum absolute atomic E-state index is 0. The Kier molecular flexibility index (Phi) is 8.37. The molecule has 0 amide bonds. The second-order valence-corrected chi connectivity index (χ2v) is 6.02. The van der Waals surface area contributed by atoms with Crippen LogP contribution < -0.4 is 0 Å². The second kappa shape index (κ2) is 10.0. The van der Waals surface area contributed by atoms with Crippen LogP contribution >= 0.6 is 0 Å². The summed E-state index contributed by atoms with van der Waals surface area (Å²) in [5, 5.41) is 9.58. The maximum absolute atomic E-state index is 10.0. The zero-order valence-electron chi connectivity index (χ0n) is 15.3. The van der Waals surface area contributed by atoms with Gasteiger partial charge in [-0.15, -0.1) is 35.4 Å². The van der Waals surface area contributed by atoms with Crippen LogP contribution in [0.3, 0.4) is 0 Å². The fourth-order valence-electron chi connectivity index (χ4n) is 2.51. The van der Waals surface area contributed by atoms with Crippen molar-refractivity contribution >= 4 is 16.7 Å². The van der Waals surface area contributed by atoms with Gasteiger partial charge in [-0.25, -0.2) is 0 Å². The number of aliphatic hydroxyl groups is 1. The number of hydrogen-bond acceptors (Lipinski definition) is 3. The maximum Gasteiger partial charge on any atom is 0.155 e. The molecule has 4 heteroatoms.